The summed E-state index contributed by atoms with van der Waals surface area (Å²) in [5.74, 6) is 0.558. The molecule has 3 atom stereocenters. The normalized spacial score (nSPS) is 28.7. The zero-order valence-electron chi connectivity index (χ0n) is 12.5. The van der Waals surface area contributed by atoms with Gasteiger partial charge in [-0.15, -0.1) is 0 Å². The highest BCUT2D eigenvalue weighted by atomic mass is 16.5. The van der Waals surface area contributed by atoms with Crippen LogP contribution in [0.2, 0.25) is 0 Å². The molecule has 1 N–H and O–H groups in total. The standard InChI is InChI=1S/C14H28N2O2/c1-6-18-13(17)14(4,15-5)10-16-9-11(2)7-8-12(16)3/h11-12,15H,6-10H2,1-5H3. The second-order valence-corrected chi connectivity index (χ2v) is 5.76. The number of hydrogen-bond donors (Lipinski definition) is 1. The summed E-state index contributed by atoms with van der Waals surface area (Å²) in [4.78, 5) is 14.5. The lowest BCUT2D eigenvalue weighted by Gasteiger charge is -2.41. The predicted octanol–water partition coefficient (Wildman–Crippen LogP) is 1.65. The molecule has 0 aromatic carbocycles. The molecule has 1 aliphatic rings. The zero-order valence-corrected chi connectivity index (χ0v) is 12.5. The molecule has 0 aromatic rings. The van der Waals surface area contributed by atoms with Gasteiger partial charge in [0.05, 0.1) is 6.61 Å². The topological polar surface area (TPSA) is 41.6 Å². The minimum atomic E-state index is -0.610. The Kier molecular flexibility index (Phi) is 5.60. The molecule has 18 heavy (non-hydrogen) atoms. The summed E-state index contributed by atoms with van der Waals surface area (Å²) in [7, 11) is 1.83. The molecular weight excluding hydrogens is 228 g/mol. The number of hydrogen-bond acceptors (Lipinski definition) is 4. The Hall–Kier alpha value is -0.610. The van der Waals surface area contributed by atoms with Crippen molar-refractivity contribution in [1.29, 1.82) is 0 Å². The molecule has 0 amide bonds. The predicted molar refractivity (Wildman–Crippen MR) is 73.5 cm³/mol. The third-order valence-electron chi connectivity index (χ3n) is 4.04. The number of likely N-dealkylation sites (tertiary alicyclic amines) is 1. The first kappa shape index (κ1) is 15.4. The van der Waals surface area contributed by atoms with Gasteiger partial charge < -0.3 is 10.1 Å². The first-order valence-corrected chi connectivity index (χ1v) is 7.03. The number of carbonyl (C=O) groups excluding carboxylic acids is 1. The number of nitrogens with zero attached hydrogens (tertiary/aromatic N) is 1. The molecule has 1 heterocycles. The Labute approximate surface area is 111 Å². The van der Waals surface area contributed by atoms with Crippen LogP contribution in [0.5, 0.6) is 0 Å². The van der Waals surface area contributed by atoms with E-state index in [9.17, 15) is 4.79 Å². The van der Waals surface area contributed by atoms with E-state index < -0.39 is 5.54 Å². The third kappa shape index (κ3) is 3.69. The van der Waals surface area contributed by atoms with E-state index in [1.807, 2.05) is 20.9 Å². The van der Waals surface area contributed by atoms with Gasteiger partial charge in [-0.3, -0.25) is 9.69 Å². The maximum atomic E-state index is 12.0. The molecule has 3 unspecified atom stereocenters. The molecule has 0 aromatic heterocycles. The molecule has 4 heteroatoms. The van der Waals surface area contributed by atoms with Crippen LogP contribution in [0.3, 0.4) is 0 Å². The molecule has 1 saturated heterocycles. The highest BCUT2D eigenvalue weighted by Gasteiger charge is 2.37. The van der Waals surface area contributed by atoms with Crippen molar-refractivity contribution < 1.29 is 9.53 Å². The summed E-state index contributed by atoms with van der Waals surface area (Å²) < 4.78 is 5.17. The first-order chi connectivity index (χ1) is 8.42. The lowest BCUT2D eigenvalue weighted by molar-refractivity contribution is -0.151. The maximum Gasteiger partial charge on any atom is 0.327 e. The summed E-state index contributed by atoms with van der Waals surface area (Å²) >= 11 is 0. The van der Waals surface area contributed by atoms with Gasteiger partial charge in [0.2, 0.25) is 0 Å². The second-order valence-electron chi connectivity index (χ2n) is 5.76. The van der Waals surface area contributed by atoms with Crippen LogP contribution in [-0.4, -0.2) is 49.2 Å². The molecule has 1 rings (SSSR count). The summed E-state index contributed by atoms with van der Waals surface area (Å²) in [6, 6.07) is 0.545. The van der Waals surface area contributed by atoms with Crippen molar-refractivity contribution in [2.24, 2.45) is 5.92 Å². The van der Waals surface area contributed by atoms with Gasteiger partial charge in [0.25, 0.3) is 0 Å². The number of piperidine rings is 1. The minimum Gasteiger partial charge on any atom is -0.465 e. The van der Waals surface area contributed by atoms with E-state index in [-0.39, 0.29) is 5.97 Å². The Morgan fingerprint density at radius 1 is 1.44 bits per heavy atom. The Morgan fingerprint density at radius 2 is 2.11 bits per heavy atom. The molecule has 0 spiro atoms. The van der Waals surface area contributed by atoms with Gasteiger partial charge in [0.15, 0.2) is 0 Å². The van der Waals surface area contributed by atoms with E-state index >= 15 is 0 Å². The third-order valence-corrected chi connectivity index (χ3v) is 4.04. The number of rotatable bonds is 5. The van der Waals surface area contributed by atoms with Crippen molar-refractivity contribution in [1.82, 2.24) is 10.2 Å². The summed E-state index contributed by atoms with van der Waals surface area (Å²) in [6.45, 7) is 10.5. The van der Waals surface area contributed by atoms with E-state index in [1.165, 1.54) is 12.8 Å². The number of ether oxygens (including phenoxy) is 1. The molecule has 1 aliphatic heterocycles. The largest absolute Gasteiger partial charge is 0.465 e. The summed E-state index contributed by atoms with van der Waals surface area (Å²) in [5.41, 5.74) is -0.610. The van der Waals surface area contributed by atoms with Gasteiger partial charge in [-0.05, 0) is 46.6 Å². The van der Waals surface area contributed by atoms with Gasteiger partial charge in [-0.2, -0.15) is 0 Å². The fraction of sp³-hybridized carbons (Fsp3) is 0.929. The van der Waals surface area contributed by atoms with E-state index in [2.05, 4.69) is 24.1 Å². The highest BCUT2D eigenvalue weighted by Crippen LogP contribution is 2.23. The summed E-state index contributed by atoms with van der Waals surface area (Å²) in [5, 5.41) is 3.13. The van der Waals surface area contributed by atoms with Crippen LogP contribution in [0.25, 0.3) is 0 Å². The van der Waals surface area contributed by atoms with Crippen molar-refractivity contribution in [3.05, 3.63) is 0 Å². The lowest BCUT2D eigenvalue weighted by atomic mass is 9.92. The Morgan fingerprint density at radius 3 is 2.67 bits per heavy atom. The van der Waals surface area contributed by atoms with E-state index in [0.717, 1.165) is 6.54 Å². The Balaban J connectivity index is 2.68. The zero-order chi connectivity index (χ0) is 13.8. The molecule has 0 saturated carbocycles. The molecule has 0 bridgehead atoms. The molecule has 1 fully saturated rings. The van der Waals surface area contributed by atoms with Crippen molar-refractivity contribution in [3.8, 4) is 0 Å². The van der Waals surface area contributed by atoms with Crippen LogP contribution in [0, 0.1) is 5.92 Å². The van der Waals surface area contributed by atoms with E-state index in [4.69, 9.17) is 4.74 Å². The molecule has 106 valence electrons. The van der Waals surface area contributed by atoms with Crippen LogP contribution >= 0.6 is 0 Å². The van der Waals surface area contributed by atoms with E-state index in [0.29, 0.717) is 25.1 Å². The quantitative estimate of drug-likeness (QED) is 0.759. The number of likely N-dealkylation sites (N-methyl/N-ethyl adjacent to an activating group) is 1. The molecule has 4 nitrogen and oxygen atoms in total. The highest BCUT2D eigenvalue weighted by molar-refractivity contribution is 5.80. The van der Waals surface area contributed by atoms with Crippen LogP contribution in [0.4, 0.5) is 0 Å². The number of nitrogens with one attached hydrogen (secondary N) is 1. The average molecular weight is 256 g/mol. The van der Waals surface area contributed by atoms with Gasteiger partial charge in [-0.25, -0.2) is 0 Å². The molecule has 0 radical (unpaired) electrons. The van der Waals surface area contributed by atoms with E-state index in [1.54, 1.807) is 0 Å². The van der Waals surface area contributed by atoms with Crippen molar-refractivity contribution in [2.45, 2.75) is 52.1 Å². The minimum absolute atomic E-state index is 0.155. The number of carbonyl (C=O) groups is 1. The first-order valence-electron chi connectivity index (χ1n) is 7.03. The maximum absolute atomic E-state index is 12.0. The monoisotopic (exact) mass is 256 g/mol. The van der Waals surface area contributed by atoms with Crippen molar-refractivity contribution in [3.63, 3.8) is 0 Å². The second kappa shape index (κ2) is 6.53. The Bertz CT molecular complexity index is 283. The number of esters is 1. The van der Waals surface area contributed by atoms with Crippen LogP contribution < -0.4 is 5.32 Å². The van der Waals surface area contributed by atoms with Crippen molar-refractivity contribution >= 4 is 5.97 Å². The fourth-order valence-corrected chi connectivity index (χ4v) is 2.54. The van der Waals surface area contributed by atoms with Gasteiger partial charge in [-0.1, -0.05) is 6.92 Å². The van der Waals surface area contributed by atoms with Crippen LogP contribution in [-0.2, 0) is 9.53 Å². The van der Waals surface area contributed by atoms with Crippen LogP contribution in [0.1, 0.15) is 40.5 Å². The molecular formula is C14H28N2O2. The van der Waals surface area contributed by atoms with Gasteiger partial charge in [0, 0.05) is 19.1 Å². The smallest absolute Gasteiger partial charge is 0.327 e. The average Bonchev–Trinajstić information content (AvgIpc) is 2.34. The molecule has 0 aliphatic carbocycles. The summed E-state index contributed by atoms with van der Waals surface area (Å²) in [6.07, 6.45) is 2.50. The lowest BCUT2D eigenvalue weighted by Crippen LogP contribution is -2.59. The van der Waals surface area contributed by atoms with Crippen LogP contribution in [0.15, 0.2) is 0 Å². The van der Waals surface area contributed by atoms with Gasteiger partial charge in [0.1, 0.15) is 5.54 Å². The van der Waals surface area contributed by atoms with Gasteiger partial charge >= 0.3 is 5.97 Å². The van der Waals surface area contributed by atoms with Crippen molar-refractivity contribution in [2.75, 3.05) is 26.7 Å². The fourth-order valence-electron chi connectivity index (χ4n) is 2.54. The SMILES string of the molecule is CCOC(=O)C(C)(CN1CC(C)CCC1C)NC.